The van der Waals surface area contributed by atoms with E-state index in [2.05, 4.69) is 39.0 Å². The van der Waals surface area contributed by atoms with Crippen LogP contribution in [0.3, 0.4) is 0 Å². The van der Waals surface area contributed by atoms with E-state index in [4.69, 9.17) is 0 Å². The van der Waals surface area contributed by atoms with Gasteiger partial charge in [-0.15, -0.1) is 0 Å². The van der Waals surface area contributed by atoms with E-state index in [1.54, 1.807) is 0 Å². The van der Waals surface area contributed by atoms with Crippen molar-refractivity contribution in [3.05, 3.63) is 23.8 Å². The van der Waals surface area contributed by atoms with Crippen molar-refractivity contribution in [3.8, 4) is 0 Å². The van der Waals surface area contributed by atoms with Crippen LogP contribution in [0.1, 0.15) is 40.0 Å². The summed E-state index contributed by atoms with van der Waals surface area (Å²) in [6.45, 7) is 6.48. The maximum atomic E-state index is 10.3. The van der Waals surface area contributed by atoms with Gasteiger partial charge in [0.1, 0.15) is 0 Å². The van der Waals surface area contributed by atoms with E-state index < -0.39 is 0 Å². The fraction of sp³-hybridized carbons (Fsp3) is 0.692. The van der Waals surface area contributed by atoms with E-state index in [0.29, 0.717) is 0 Å². The molecule has 2 unspecified atom stereocenters. The summed E-state index contributed by atoms with van der Waals surface area (Å²) in [4.78, 5) is 0. The van der Waals surface area contributed by atoms with Gasteiger partial charge in [-0.1, -0.05) is 37.6 Å². The van der Waals surface area contributed by atoms with Crippen LogP contribution in [0.4, 0.5) is 0 Å². The molecule has 0 saturated heterocycles. The number of hydrogen-bond acceptors (Lipinski definition) is 1. The van der Waals surface area contributed by atoms with Gasteiger partial charge in [0.2, 0.25) is 0 Å². The molecule has 2 aliphatic carbocycles. The minimum atomic E-state index is -0.185. The molecule has 2 aliphatic rings. The Kier molecular flexibility index (Phi) is 2.11. The Labute approximate surface area is 86.5 Å². The number of rotatable bonds is 2. The lowest BCUT2D eigenvalue weighted by Gasteiger charge is -2.36. The topological polar surface area (TPSA) is 20.2 Å². The van der Waals surface area contributed by atoms with Crippen LogP contribution in [-0.4, -0.2) is 11.2 Å². The van der Waals surface area contributed by atoms with Gasteiger partial charge in [0.25, 0.3) is 0 Å². The fourth-order valence-corrected chi connectivity index (χ4v) is 2.31. The lowest BCUT2D eigenvalue weighted by molar-refractivity contribution is 0.0134. The highest BCUT2D eigenvalue weighted by molar-refractivity contribution is 5.26. The summed E-state index contributed by atoms with van der Waals surface area (Å²) in [6, 6.07) is 0. The standard InChI is InChI=1S/C13H20O/c1-10-4-6-12(2,7-5-10)11(14)13(3)8-9-13/h4-6,11,14H,7-9H2,1-3H3. The zero-order valence-electron chi connectivity index (χ0n) is 9.38. The van der Waals surface area contributed by atoms with Crippen molar-refractivity contribution < 1.29 is 5.11 Å². The zero-order valence-corrected chi connectivity index (χ0v) is 9.38. The first kappa shape index (κ1) is 9.97. The molecular formula is C13H20O. The van der Waals surface area contributed by atoms with Crippen LogP contribution in [0, 0.1) is 10.8 Å². The smallest absolute Gasteiger partial charge is 0.0684 e. The predicted molar refractivity (Wildman–Crippen MR) is 59.0 cm³/mol. The molecule has 0 aromatic rings. The zero-order chi connectivity index (χ0) is 10.4. The lowest BCUT2D eigenvalue weighted by atomic mass is 9.72. The lowest BCUT2D eigenvalue weighted by Crippen LogP contribution is -2.37. The molecule has 0 heterocycles. The summed E-state index contributed by atoms with van der Waals surface area (Å²) in [6.07, 6.45) is 9.71. The van der Waals surface area contributed by atoms with Crippen LogP contribution in [0.15, 0.2) is 23.8 Å². The highest BCUT2D eigenvalue weighted by Gasteiger charge is 2.50. The number of allylic oxidation sites excluding steroid dienone is 3. The normalized spacial score (nSPS) is 36.4. The highest BCUT2D eigenvalue weighted by Crippen LogP contribution is 2.54. The molecule has 1 fully saturated rings. The minimum absolute atomic E-state index is 0.0369. The molecule has 0 aliphatic heterocycles. The monoisotopic (exact) mass is 192 g/mol. The van der Waals surface area contributed by atoms with Crippen LogP contribution in [0.2, 0.25) is 0 Å². The molecular weight excluding hydrogens is 172 g/mol. The van der Waals surface area contributed by atoms with Crippen molar-refractivity contribution >= 4 is 0 Å². The summed E-state index contributed by atoms with van der Waals surface area (Å²) < 4.78 is 0. The van der Waals surface area contributed by atoms with Crippen LogP contribution in [-0.2, 0) is 0 Å². The largest absolute Gasteiger partial charge is 0.392 e. The van der Waals surface area contributed by atoms with Crippen LogP contribution >= 0.6 is 0 Å². The first-order valence-corrected chi connectivity index (χ1v) is 5.50. The molecule has 0 spiro atoms. The van der Waals surface area contributed by atoms with Gasteiger partial charge in [0.05, 0.1) is 6.10 Å². The predicted octanol–water partition coefficient (Wildman–Crippen LogP) is 3.06. The molecule has 1 N–H and O–H groups in total. The van der Waals surface area contributed by atoms with Crippen molar-refractivity contribution in [1.82, 2.24) is 0 Å². The van der Waals surface area contributed by atoms with Crippen molar-refractivity contribution in [2.75, 3.05) is 0 Å². The Hall–Kier alpha value is -0.560. The summed E-state index contributed by atoms with van der Waals surface area (Å²) in [5.41, 5.74) is 1.47. The van der Waals surface area contributed by atoms with E-state index in [1.807, 2.05) is 0 Å². The molecule has 14 heavy (non-hydrogen) atoms. The molecule has 0 aromatic heterocycles. The number of hydrogen-bond donors (Lipinski definition) is 1. The minimum Gasteiger partial charge on any atom is -0.392 e. The molecule has 78 valence electrons. The number of aliphatic hydroxyl groups is 1. The quantitative estimate of drug-likeness (QED) is 0.713. The Morgan fingerprint density at radius 2 is 2.00 bits per heavy atom. The number of aliphatic hydroxyl groups excluding tert-OH is 1. The second-order valence-corrected chi connectivity index (χ2v) is 5.55. The molecule has 0 amide bonds. The molecule has 2 atom stereocenters. The Morgan fingerprint density at radius 3 is 2.43 bits per heavy atom. The first-order valence-electron chi connectivity index (χ1n) is 5.50. The molecule has 1 heteroatoms. The van der Waals surface area contributed by atoms with Crippen LogP contribution < -0.4 is 0 Å². The van der Waals surface area contributed by atoms with Crippen molar-refractivity contribution in [2.24, 2.45) is 10.8 Å². The van der Waals surface area contributed by atoms with Crippen molar-refractivity contribution in [2.45, 2.75) is 46.1 Å². The maximum absolute atomic E-state index is 10.3. The fourth-order valence-electron chi connectivity index (χ4n) is 2.31. The third kappa shape index (κ3) is 1.54. The Morgan fingerprint density at radius 1 is 1.36 bits per heavy atom. The summed E-state index contributed by atoms with van der Waals surface area (Å²) in [5, 5.41) is 10.3. The van der Waals surface area contributed by atoms with E-state index in [1.165, 1.54) is 18.4 Å². The van der Waals surface area contributed by atoms with Crippen LogP contribution in [0.5, 0.6) is 0 Å². The molecule has 0 bridgehead atoms. The average molecular weight is 192 g/mol. The molecule has 2 rings (SSSR count). The van der Waals surface area contributed by atoms with Crippen molar-refractivity contribution in [3.63, 3.8) is 0 Å². The van der Waals surface area contributed by atoms with E-state index in [9.17, 15) is 5.11 Å². The summed E-state index contributed by atoms with van der Waals surface area (Å²) in [7, 11) is 0. The van der Waals surface area contributed by atoms with Gasteiger partial charge in [0.15, 0.2) is 0 Å². The third-order valence-electron chi connectivity index (χ3n) is 3.91. The Balaban J connectivity index is 2.14. The maximum Gasteiger partial charge on any atom is 0.0684 e. The van der Waals surface area contributed by atoms with Gasteiger partial charge in [0, 0.05) is 5.41 Å². The van der Waals surface area contributed by atoms with E-state index >= 15 is 0 Å². The third-order valence-corrected chi connectivity index (χ3v) is 3.91. The second-order valence-electron chi connectivity index (χ2n) is 5.55. The van der Waals surface area contributed by atoms with Gasteiger partial charge >= 0.3 is 0 Å². The van der Waals surface area contributed by atoms with E-state index in [-0.39, 0.29) is 16.9 Å². The molecule has 1 nitrogen and oxygen atoms in total. The van der Waals surface area contributed by atoms with E-state index in [0.717, 1.165) is 6.42 Å². The SMILES string of the molecule is CC1=CCC(C)(C(O)C2(C)CC2)C=C1. The molecule has 0 radical (unpaired) electrons. The molecule has 0 aromatic carbocycles. The average Bonchev–Trinajstić information content (AvgIpc) is 2.89. The Bertz CT molecular complexity index is 296. The first-order chi connectivity index (χ1) is 6.46. The second kappa shape index (κ2) is 2.96. The van der Waals surface area contributed by atoms with Crippen LogP contribution in [0.25, 0.3) is 0 Å². The van der Waals surface area contributed by atoms with Gasteiger partial charge in [-0.05, 0) is 31.6 Å². The van der Waals surface area contributed by atoms with Gasteiger partial charge in [-0.25, -0.2) is 0 Å². The van der Waals surface area contributed by atoms with Gasteiger partial charge in [-0.2, -0.15) is 0 Å². The van der Waals surface area contributed by atoms with Gasteiger partial charge < -0.3 is 5.11 Å². The van der Waals surface area contributed by atoms with Crippen molar-refractivity contribution in [1.29, 1.82) is 0 Å². The van der Waals surface area contributed by atoms with Gasteiger partial charge in [-0.3, -0.25) is 0 Å². The summed E-state index contributed by atoms with van der Waals surface area (Å²) >= 11 is 0. The summed E-state index contributed by atoms with van der Waals surface area (Å²) in [5.74, 6) is 0. The highest BCUT2D eigenvalue weighted by atomic mass is 16.3. The molecule has 1 saturated carbocycles.